The van der Waals surface area contributed by atoms with E-state index in [1.165, 1.54) is 38.3 Å². The molecule has 3 aliphatic rings. The Bertz CT molecular complexity index is 2790. The van der Waals surface area contributed by atoms with Gasteiger partial charge in [-0.05, 0) is 48.5 Å². The molecular weight excluding hydrogens is 520 g/mol. The van der Waals surface area contributed by atoms with E-state index < -0.39 is 5.66 Å². The minimum atomic E-state index is -0.741. The Balaban J connectivity index is 1.48. The van der Waals surface area contributed by atoms with Gasteiger partial charge in [-0.2, -0.15) is 13.5 Å². The minimum Gasteiger partial charge on any atom is -0.422 e. The summed E-state index contributed by atoms with van der Waals surface area (Å²) in [5.74, 6) is 2.79. The fraction of sp³-hybridized carbons (Fsp3) is 0.0286. The van der Waals surface area contributed by atoms with E-state index in [1.807, 2.05) is 0 Å². The second kappa shape index (κ2) is 6.24. The van der Waals surface area contributed by atoms with Crippen molar-refractivity contribution in [2.45, 2.75) is 5.66 Å². The topological polar surface area (TPSA) is 52.1 Å². The van der Waals surface area contributed by atoms with Gasteiger partial charge in [0.15, 0.2) is 11.0 Å². The van der Waals surface area contributed by atoms with Gasteiger partial charge in [0.2, 0.25) is 5.69 Å². The van der Waals surface area contributed by atoms with Gasteiger partial charge in [-0.3, -0.25) is 4.98 Å². The number of fused-ring (bicyclic) bond motifs is 11. The number of para-hydroxylation sites is 1. The number of pyridine rings is 3. The van der Waals surface area contributed by atoms with E-state index in [0.717, 1.165) is 50.6 Å². The van der Waals surface area contributed by atoms with Gasteiger partial charge in [0.05, 0.1) is 11.6 Å². The third-order valence-corrected chi connectivity index (χ3v) is 9.77. The third kappa shape index (κ3) is 1.81. The van der Waals surface area contributed by atoms with Crippen molar-refractivity contribution in [3.8, 4) is 17.4 Å². The molecule has 42 heavy (non-hydrogen) atoms. The lowest BCUT2D eigenvalue weighted by atomic mass is 9.87. The first-order valence-electron chi connectivity index (χ1n) is 14.2. The molecule has 0 aliphatic carbocycles. The van der Waals surface area contributed by atoms with E-state index >= 15 is 0 Å². The molecule has 9 aromatic rings. The zero-order chi connectivity index (χ0) is 26.9. The summed E-state index contributed by atoms with van der Waals surface area (Å²) in [7, 11) is 0. The molecule has 3 aliphatic heterocycles. The number of nitrogens with zero attached hydrogens (tertiary/aromatic N) is 6. The number of ether oxygens (including phenoxy) is 1. The van der Waals surface area contributed by atoms with Crippen molar-refractivity contribution in [3.63, 3.8) is 0 Å². The van der Waals surface area contributed by atoms with Crippen LogP contribution < -0.4 is 13.9 Å². The van der Waals surface area contributed by atoms with E-state index in [1.54, 1.807) is 12.4 Å². The largest absolute Gasteiger partial charge is 0.422 e. The molecule has 1 spiro atoms. The molecule has 0 saturated carbocycles. The SMILES string of the molecule is c1cc[n+]2c(c1)-n1c3ccccc3c3ccc4c(c31)C21c2c3ccccc3c3c5nccnc5c5ccc([n+]1c5n23)O4. The molecule has 0 radical (unpaired) electrons. The van der Waals surface area contributed by atoms with Crippen molar-refractivity contribution in [2.75, 3.05) is 0 Å². The quantitative estimate of drug-likeness (QED) is 0.179. The first-order valence-corrected chi connectivity index (χ1v) is 14.2. The fourth-order valence-corrected chi connectivity index (χ4v) is 8.45. The molecule has 12 rings (SSSR count). The van der Waals surface area contributed by atoms with Gasteiger partial charge in [0.25, 0.3) is 11.7 Å². The molecule has 0 N–H and O–H groups in total. The van der Waals surface area contributed by atoms with Gasteiger partial charge in [-0.15, -0.1) is 4.57 Å². The number of benzene rings is 3. The highest BCUT2D eigenvalue weighted by atomic mass is 16.5. The standard InChI is InChI=1S/C35H18N6O/c1-2-9-22-20(8-1)32-30-29(36-16-17-37-30)23-13-15-27-41-34(23)40(32)33(22)35(41)28-25(42-27)14-12-21-19-7-3-4-10-24(19)39(31(21)28)26-11-5-6-18-38(26)35/h1-18H/q+2. The van der Waals surface area contributed by atoms with Crippen molar-refractivity contribution < 1.29 is 13.9 Å². The second-order valence-corrected chi connectivity index (χ2v) is 11.5. The van der Waals surface area contributed by atoms with Crippen LogP contribution in [0.3, 0.4) is 0 Å². The fourth-order valence-electron chi connectivity index (χ4n) is 8.45. The summed E-state index contributed by atoms with van der Waals surface area (Å²) in [6.07, 6.45) is 5.82. The van der Waals surface area contributed by atoms with Gasteiger partial charge in [0, 0.05) is 46.1 Å². The van der Waals surface area contributed by atoms with Crippen LogP contribution in [-0.4, -0.2) is 18.9 Å². The first-order chi connectivity index (χ1) is 20.9. The van der Waals surface area contributed by atoms with Crippen LogP contribution in [0.15, 0.2) is 110 Å². The van der Waals surface area contributed by atoms with Crippen molar-refractivity contribution in [3.05, 3.63) is 121 Å². The molecular formula is C35H18N6O+2. The lowest BCUT2D eigenvalue weighted by Crippen LogP contribution is -2.76. The Hall–Kier alpha value is -5.82. The molecule has 0 fully saturated rings. The molecule has 7 heteroatoms. The molecule has 3 aromatic carbocycles. The maximum atomic E-state index is 6.85. The summed E-state index contributed by atoms with van der Waals surface area (Å²) >= 11 is 0. The van der Waals surface area contributed by atoms with Crippen LogP contribution in [0.1, 0.15) is 11.3 Å². The van der Waals surface area contributed by atoms with Crippen molar-refractivity contribution >= 4 is 60.2 Å². The number of rotatable bonds is 0. The predicted molar refractivity (Wildman–Crippen MR) is 158 cm³/mol. The second-order valence-electron chi connectivity index (χ2n) is 11.5. The van der Waals surface area contributed by atoms with E-state index in [-0.39, 0.29) is 0 Å². The van der Waals surface area contributed by atoms with Gasteiger partial charge < -0.3 is 4.74 Å². The number of hydrogen-bond acceptors (Lipinski definition) is 3. The Morgan fingerprint density at radius 3 is 2.36 bits per heavy atom. The van der Waals surface area contributed by atoms with Crippen molar-refractivity contribution in [1.82, 2.24) is 18.9 Å². The molecule has 1 unspecified atom stereocenters. The smallest absolute Gasteiger partial charge is 0.354 e. The summed E-state index contributed by atoms with van der Waals surface area (Å²) in [5.41, 5.74) is 7.93. The maximum absolute atomic E-state index is 6.85. The van der Waals surface area contributed by atoms with Gasteiger partial charge in [0.1, 0.15) is 27.9 Å². The van der Waals surface area contributed by atoms with Crippen LogP contribution in [0, 0.1) is 0 Å². The van der Waals surface area contributed by atoms with Crippen LogP contribution in [0.4, 0.5) is 0 Å². The summed E-state index contributed by atoms with van der Waals surface area (Å²) in [6, 6.07) is 32.6. The Morgan fingerprint density at radius 1 is 0.667 bits per heavy atom. The minimum absolute atomic E-state index is 0.741. The molecule has 0 amide bonds. The molecule has 6 aromatic heterocycles. The highest BCUT2D eigenvalue weighted by molar-refractivity contribution is 6.18. The average Bonchev–Trinajstić information content (AvgIpc) is 3.68. The highest BCUT2D eigenvalue weighted by Gasteiger charge is 2.67. The maximum Gasteiger partial charge on any atom is 0.354 e. The van der Waals surface area contributed by atoms with Crippen molar-refractivity contribution in [2.24, 2.45) is 0 Å². The summed E-state index contributed by atoms with van der Waals surface area (Å²) < 4.78 is 16.6. The predicted octanol–water partition coefficient (Wildman–Crippen LogP) is 5.89. The summed E-state index contributed by atoms with van der Waals surface area (Å²) in [5, 5.41) is 5.88. The molecule has 1 atom stereocenters. The van der Waals surface area contributed by atoms with Crippen LogP contribution in [0.2, 0.25) is 0 Å². The van der Waals surface area contributed by atoms with E-state index in [0.29, 0.717) is 0 Å². The molecule has 0 bridgehead atoms. The van der Waals surface area contributed by atoms with E-state index in [9.17, 15) is 0 Å². The Labute approximate surface area is 236 Å². The molecule has 0 saturated heterocycles. The molecule has 9 heterocycles. The summed E-state index contributed by atoms with van der Waals surface area (Å²) in [6.45, 7) is 0. The normalized spacial score (nSPS) is 17.3. The number of aromatic nitrogens is 6. The lowest BCUT2D eigenvalue weighted by molar-refractivity contribution is -0.958. The zero-order valence-corrected chi connectivity index (χ0v) is 22.0. The monoisotopic (exact) mass is 538 g/mol. The van der Waals surface area contributed by atoms with Crippen LogP contribution in [0.25, 0.3) is 66.0 Å². The number of hydrogen-bond donors (Lipinski definition) is 0. The molecule has 192 valence electrons. The first kappa shape index (κ1) is 20.1. The Morgan fingerprint density at radius 2 is 1.43 bits per heavy atom. The average molecular weight is 539 g/mol. The van der Waals surface area contributed by atoms with E-state index in [4.69, 9.17) is 14.7 Å². The van der Waals surface area contributed by atoms with E-state index in [2.05, 4.69) is 115 Å². The third-order valence-electron chi connectivity index (χ3n) is 9.77. The zero-order valence-electron chi connectivity index (χ0n) is 22.0. The van der Waals surface area contributed by atoms with Gasteiger partial charge in [-0.1, -0.05) is 30.3 Å². The van der Waals surface area contributed by atoms with Crippen LogP contribution >= 0.6 is 0 Å². The van der Waals surface area contributed by atoms with Crippen LogP contribution in [-0.2, 0) is 5.66 Å². The lowest BCUT2D eigenvalue weighted by Gasteiger charge is -2.34. The Kier molecular flexibility index (Phi) is 2.99. The van der Waals surface area contributed by atoms with Gasteiger partial charge >= 0.3 is 11.3 Å². The summed E-state index contributed by atoms with van der Waals surface area (Å²) in [4.78, 5) is 9.82. The molecule has 7 nitrogen and oxygen atoms in total. The van der Waals surface area contributed by atoms with Gasteiger partial charge in [-0.25, -0.2) is 4.98 Å². The van der Waals surface area contributed by atoms with Crippen LogP contribution in [0.5, 0.6) is 11.6 Å². The highest BCUT2D eigenvalue weighted by Crippen LogP contribution is 2.54. The van der Waals surface area contributed by atoms with Crippen molar-refractivity contribution in [1.29, 1.82) is 0 Å².